The molecule has 1 amide bonds. The van der Waals surface area contributed by atoms with E-state index in [9.17, 15) is 20.2 Å². The summed E-state index contributed by atoms with van der Waals surface area (Å²) >= 11 is 1.31. The van der Waals surface area contributed by atoms with Crippen molar-refractivity contribution in [1.29, 1.82) is 5.26 Å². The third kappa shape index (κ3) is 5.71. The molecule has 0 radical (unpaired) electrons. The lowest BCUT2D eigenvalue weighted by Crippen LogP contribution is -2.36. The van der Waals surface area contributed by atoms with Crippen molar-refractivity contribution in [3.8, 4) is 6.07 Å². The van der Waals surface area contributed by atoms with Crippen LogP contribution in [0, 0.1) is 28.4 Å². The van der Waals surface area contributed by atoms with E-state index in [1.165, 1.54) is 30.3 Å². The van der Waals surface area contributed by atoms with E-state index in [1.807, 2.05) is 37.3 Å². The number of nitrogens with one attached hydrogen (secondary N) is 1. The van der Waals surface area contributed by atoms with E-state index < -0.39 is 10.8 Å². The van der Waals surface area contributed by atoms with Gasteiger partial charge in [-0.05, 0) is 49.6 Å². The molecule has 7 heteroatoms. The number of nitro benzene ring substituents is 1. The first kappa shape index (κ1) is 21.6. The van der Waals surface area contributed by atoms with Gasteiger partial charge < -0.3 is 5.32 Å². The molecule has 0 heterocycles. The van der Waals surface area contributed by atoms with E-state index in [0.717, 1.165) is 36.1 Å². The molecule has 0 bridgehead atoms. The molecule has 2 aromatic carbocycles. The van der Waals surface area contributed by atoms with E-state index in [2.05, 4.69) is 5.32 Å². The second-order valence-electron chi connectivity index (χ2n) is 7.38. The summed E-state index contributed by atoms with van der Waals surface area (Å²) in [5.41, 5.74) is 1.46. The van der Waals surface area contributed by atoms with Gasteiger partial charge >= 0.3 is 0 Å². The Hall–Kier alpha value is -3.11. The fourth-order valence-corrected chi connectivity index (χ4v) is 4.31. The average Bonchev–Trinajstić information content (AvgIpc) is 2.75. The zero-order chi connectivity index (χ0) is 21.5. The number of benzene rings is 2. The molecule has 0 unspecified atom stereocenters. The Balaban J connectivity index is 1.81. The molecule has 3 rings (SSSR count). The highest BCUT2D eigenvalue weighted by Gasteiger charge is 2.19. The van der Waals surface area contributed by atoms with Gasteiger partial charge in [0.15, 0.2) is 0 Å². The Labute approximate surface area is 180 Å². The summed E-state index contributed by atoms with van der Waals surface area (Å²) in [5.74, 6) is -0.426. The van der Waals surface area contributed by atoms with Gasteiger partial charge in [-0.2, -0.15) is 5.26 Å². The zero-order valence-corrected chi connectivity index (χ0v) is 17.6. The van der Waals surface area contributed by atoms with Crippen LogP contribution in [0.4, 0.5) is 5.69 Å². The van der Waals surface area contributed by atoms with Crippen molar-refractivity contribution in [2.75, 3.05) is 0 Å². The standard InChI is InChI=1S/C23H23N3O3S/c1-16-7-10-20(11-8-16)30-22-12-9-17(14-21(22)26(28)29)13-18(15-24)23(27)25-19-5-3-2-4-6-19/h7-14,19H,2-6H2,1H3,(H,25,27). The van der Waals surface area contributed by atoms with Gasteiger partial charge in [0.2, 0.25) is 0 Å². The van der Waals surface area contributed by atoms with Crippen LogP contribution in [0.2, 0.25) is 0 Å². The quantitative estimate of drug-likeness (QED) is 0.291. The van der Waals surface area contributed by atoms with E-state index in [4.69, 9.17) is 0 Å². The number of rotatable bonds is 6. The lowest BCUT2D eigenvalue weighted by atomic mass is 9.95. The van der Waals surface area contributed by atoms with Crippen LogP contribution in [-0.2, 0) is 4.79 Å². The number of nitrogens with zero attached hydrogens (tertiary/aromatic N) is 2. The van der Waals surface area contributed by atoms with Gasteiger partial charge in [0.1, 0.15) is 11.6 Å². The fourth-order valence-electron chi connectivity index (χ4n) is 3.41. The number of carbonyl (C=O) groups excluding carboxylic acids is 1. The Kier molecular flexibility index (Phi) is 7.26. The van der Waals surface area contributed by atoms with Crippen molar-refractivity contribution in [2.45, 2.75) is 54.9 Å². The van der Waals surface area contributed by atoms with E-state index in [1.54, 1.807) is 12.1 Å². The molecule has 1 saturated carbocycles. The fraction of sp³-hybridized carbons (Fsp3) is 0.304. The molecule has 1 aliphatic carbocycles. The van der Waals surface area contributed by atoms with Crippen molar-refractivity contribution in [2.24, 2.45) is 0 Å². The molecule has 1 fully saturated rings. The molecule has 1 N–H and O–H groups in total. The third-order valence-electron chi connectivity index (χ3n) is 5.04. The second-order valence-corrected chi connectivity index (χ2v) is 8.49. The molecule has 0 aliphatic heterocycles. The molecule has 30 heavy (non-hydrogen) atoms. The summed E-state index contributed by atoms with van der Waals surface area (Å²) in [4.78, 5) is 25.0. The van der Waals surface area contributed by atoms with Crippen molar-refractivity contribution in [1.82, 2.24) is 5.32 Å². The van der Waals surface area contributed by atoms with E-state index in [0.29, 0.717) is 10.5 Å². The van der Waals surface area contributed by atoms with Gasteiger partial charge in [-0.25, -0.2) is 0 Å². The first-order valence-corrected chi connectivity index (χ1v) is 10.7. The van der Waals surface area contributed by atoms with Crippen LogP contribution >= 0.6 is 11.8 Å². The normalized spacial score (nSPS) is 14.7. The summed E-state index contributed by atoms with van der Waals surface area (Å²) < 4.78 is 0. The van der Waals surface area contributed by atoms with Crippen LogP contribution in [0.25, 0.3) is 6.08 Å². The average molecular weight is 422 g/mol. The summed E-state index contributed by atoms with van der Waals surface area (Å²) in [6.45, 7) is 1.98. The predicted molar refractivity (Wildman–Crippen MR) is 117 cm³/mol. The highest BCUT2D eigenvalue weighted by molar-refractivity contribution is 7.99. The molecule has 6 nitrogen and oxygen atoms in total. The molecule has 2 aromatic rings. The summed E-state index contributed by atoms with van der Waals surface area (Å²) in [6.07, 6.45) is 6.56. The largest absolute Gasteiger partial charge is 0.349 e. The molecular formula is C23H23N3O3S. The van der Waals surface area contributed by atoms with Gasteiger partial charge in [-0.1, -0.05) is 54.8 Å². The lowest BCUT2D eigenvalue weighted by Gasteiger charge is -2.22. The zero-order valence-electron chi connectivity index (χ0n) is 16.8. The Morgan fingerprint density at radius 3 is 2.53 bits per heavy atom. The minimum Gasteiger partial charge on any atom is -0.349 e. The van der Waals surface area contributed by atoms with Crippen molar-refractivity contribution in [3.05, 3.63) is 69.3 Å². The van der Waals surface area contributed by atoms with E-state index in [-0.39, 0.29) is 17.3 Å². The number of hydrogen-bond donors (Lipinski definition) is 1. The Morgan fingerprint density at radius 2 is 1.90 bits per heavy atom. The van der Waals surface area contributed by atoms with Crippen LogP contribution in [0.1, 0.15) is 43.2 Å². The molecule has 0 saturated heterocycles. The summed E-state index contributed by atoms with van der Waals surface area (Å²) in [6, 6.07) is 14.5. The number of carbonyl (C=O) groups is 1. The van der Waals surface area contributed by atoms with E-state index >= 15 is 0 Å². The van der Waals surface area contributed by atoms with Crippen LogP contribution in [0.3, 0.4) is 0 Å². The summed E-state index contributed by atoms with van der Waals surface area (Å²) in [7, 11) is 0. The first-order valence-electron chi connectivity index (χ1n) is 9.92. The van der Waals surface area contributed by atoms with Crippen LogP contribution in [0.5, 0.6) is 0 Å². The number of nitro groups is 1. The van der Waals surface area contributed by atoms with Gasteiger partial charge in [0.25, 0.3) is 11.6 Å². The number of nitriles is 1. The minimum absolute atomic E-state index is 0.0474. The maximum absolute atomic E-state index is 12.5. The van der Waals surface area contributed by atoms with Gasteiger partial charge in [0, 0.05) is 17.0 Å². The van der Waals surface area contributed by atoms with Crippen LogP contribution < -0.4 is 5.32 Å². The van der Waals surface area contributed by atoms with Crippen molar-refractivity contribution < 1.29 is 9.72 Å². The summed E-state index contributed by atoms with van der Waals surface area (Å²) in [5, 5.41) is 23.9. The highest BCUT2D eigenvalue weighted by Crippen LogP contribution is 2.35. The van der Waals surface area contributed by atoms with Crippen LogP contribution in [-0.4, -0.2) is 16.9 Å². The smallest absolute Gasteiger partial charge is 0.283 e. The second kappa shape index (κ2) is 10.1. The predicted octanol–water partition coefficient (Wildman–Crippen LogP) is 5.41. The monoisotopic (exact) mass is 421 g/mol. The SMILES string of the molecule is Cc1ccc(Sc2ccc(C=C(C#N)C(=O)NC3CCCCC3)cc2[N+](=O)[O-])cc1. The minimum atomic E-state index is -0.442. The van der Waals surface area contributed by atoms with Crippen LogP contribution in [0.15, 0.2) is 57.8 Å². The van der Waals surface area contributed by atoms with Gasteiger partial charge in [-0.15, -0.1) is 0 Å². The maximum atomic E-state index is 12.5. The van der Waals surface area contributed by atoms with Gasteiger partial charge in [0.05, 0.1) is 9.82 Å². The molecule has 154 valence electrons. The third-order valence-corrected chi connectivity index (χ3v) is 6.12. The first-order chi connectivity index (χ1) is 14.5. The molecule has 1 aliphatic rings. The number of hydrogen-bond acceptors (Lipinski definition) is 5. The molecular weight excluding hydrogens is 398 g/mol. The molecule has 0 atom stereocenters. The molecule has 0 aromatic heterocycles. The topological polar surface area (TPSA) is 96.0 Å². The Morgan fingerprint density at radius 1 is 1.20 bits per heavy atom. The van der Waals surface area contributed by atoms with Crippen molar-refractivity contribution in [3.63, 3.8) is 0 Å². The Bertz CT molecular complexity index is 1000. The highest BCUT2D eigenvalue weighted by atomic mass is 32.2. The van der Waals surface area contributed by atoms with Crippen molar-refractivity contribution >= 4 is 29.4 Å². The lowest BCUT2D eigenvalue weighted by molar-refractivity contribution is -0.387. The number of aryl methyl sites for hydroxylation is 1. The van der Waals surface area contributed by atoms with Gasteiger partial charge in [-0.3, -0.25) is 14.9 Å². The maximum Gasteiger partial charge on any atom is 0.283 e. The molecule has 0 spiro atoms. The number of amides is 1.